The Balaban J connectivity index is 2.19. The average Bonchev–Trinajstić information content (AvgIpc) is 2.48. The Morgan fingerprint density at radius 1 is 1.69 bits per heavy atom. The fraction of sp³-hybridized carbons (Fsp3) is 0.889. The van der Waals surface area contributed by atoms with Crippen LogP contribution in [0.2, 0.25) is 0 Å². The van der Waals surface area contributed by atoms with Crippen molar-refractivity contribution in [1.29, 1.82) is 0 Å². The molecule has 2 unspecified atom stereocenters. The van der Waals surface area contributed by atoms with Crippen molar-refractivity contribution in [2.24, 2.45) is 0 Å². The zero-order valence-electron chi connectivity index (χ0n) is 7.88. The van der Waals surface area contributed by atoms with Gasteiger partial charge in [-0.2, -0.15) is 0 Å². The SMILES string of the molecule is CC1OCCC1NC(=O)CCCCl. The van der Waals surface area contributed by atoms with Gasteiger partial charge >= 0.3 is 0 Å². The number of alkyl halides is 1. The lowest BCUT2D eigenvalue weighted by atomic mass is 10.1. The fourth-order valence-corrected chi connectivity index (χ4v) is 1.56. The van der Waals surface area contributed by atoms with Gasteiger partial charge in [-0.05, 0) is 19.8 Å². The topological polar surface area (TPSA) is 38.3 Å². The molecule has 1 fully saturated rings. The van der Waals surface area contributed by atoms with Crippen LogP contribution >= 0.6 is 11.6 Å². The second kappa shape index (κ2) is 5.45. The van der Waals surface area contributed by atoms with Crippen LogP contribution in [0.1, 0.15) is 26.2 Å². The zero-order valence-corrected chi connectivity index (χ0v) is 8.64. The normalized spacial score (nSPS) is 27.5. The fourth-order valence-electron chi connectivity index (χ4n) is 1.43. The molecular weight excluding hydrogens is 190 g/mol. The Labute approximate surface area is 83.8 Å². The molecule has 1 heterocycles. The molecule has 0 bridgehead atoms. The molecule has 0 saturated carbocycles. The van der Waals surface area contributed by atoms with Crippen molar-refractivity contribution in [2.75, 3.05) is 12.5 Å². The van der Waals surface area contributed by atoms with E-state index in [4.69, 9.17) is 16.3 Å². The Morgan fingerprint density at radius 2 is 2.46 bits per heavy atom. The molecule has 76 valence electrons. The van der Waals surface area contributed by atoms with Crippen molar-refractivity contribution < 1.29 is 9.53 Å². The zero-order chi connectivity index (χ0) is 9.68. The first-order valence-electron chi connectivity index (χ1n) is 4.71. The first-order chi connectivity index (χ1) is 6.24. The molecule has 1 N–H and O–H groups in total. The summed E-state index contributed by atoms with van der Waals surface area (Å²) < 4.78 is 5.33. The van der Waals surface area contributed by atoms with Crippen molar-refractivity contribution in [3.63, 3.8) is 0 Å². The first kappa shape index (κ1) is 10.8. The molecule has 0 aliphatic carbocycles. The van der Waals surface area contributed by atoms with Gasteiger partial charge in [-0.3, -0.25) is 4.79 Å². The molecular formula is C9H16ClNO2. The van der Waals surface area contributed by atoms with Gasteiger partial charge in [0.05, 0.1) is 12.1 Å². The van der Waals surface area contributed by atoms with E-state index in [2.05, 4.69) is 5.32 Å². The summed E-state index contributed by atoms with van der Waals surface area (Å²) in [6.45, 7) is 2.74. The second-order valence-corrected chi connectivity index (χ2v) is 3.71. The van der Waals surface area contributed by atoms with E-state index in [1.807, 2.05) is 6.92 Å². The van der Waals surface area contributed by atoms with Crippen LogP contribution in [0.5, 0.6) is 0 Å². The number of carbonyl (C=O) groups is 1. The number of hydrogen-bond acceptors (Lipinski definition) is 2. The van der Waals surface area contributed by atoms with Crippen molar-refractivity contribution in [3.8, 4) is 0 Å². The molecule has 0 aromatic rings. The number of nitrogens with one attached hydrogen (secondary N) is 1. The molecule has 4 heteroatoms. The third-order valence-corrected chi connectivity index (χ3v) is 2.53. The smallest absolute Gasteiger partial charge is 0.220 e. The molecule has 1 saturated heterocycles. The Bertz CT molecular complexity index is 175. The lowest BCUT2D eigenvalue weighted by Crippen LogP contribution is -2.39. The molecule has 0 aromatic heterocycles. The highest BCUT2D eigenvalue weighted by Crippen LogP contribution is 2.12. The number of halogens is 1. The molecule has 0 radical (unpaired) electrons. The molecule has 13 heavy (non-hydrogen) atoms. The van der Waals surface area contributed by atoms with E-state index in [9.17, 15) is 4.79 Å². The van der Waals surface area contributed by atoms with Crippen molar-refractivity contribution in [3.05, 3.63) is 0 Å². The maximum Gasteiger partial charge on any atom is 0.220 e. The average molecular weight is 206 g/mol. The number of carbonyl (C=O) groups excluding carboxylic acids is 1. The number of rotatable bonds is 4. The van der Waals surface area contributed by atoms with E-state index in [0.717, 1.165) is 19.4 Å². The highest BCUT2D eigenvalue weighted by atomic mass is 35.5. The maximum atomic E-state index is 11.3. The largest absolute Gasteiger partial charge is 0.376 e. The third-order valence-electron chi connectivity index (χ3n) is 2.26. The summed E-state index contributed by atoms with van der Waals surface area (Å²) in [5, 5.41) is 2.94. The van der Waals surface area contributed by atoms with Gasteiger partial charge in [0.25, 0.3) is 0 Å². The summed E-state index contributed by atoms with van der Waals surface area (Å²) in [4.78, 5) is 11.3. The van der Waals surface area contributed by atoms with Crippen molar-refractivity contribution in [1.82, 2.24) is 5.32 Å². The summed E-state index contributed by atoms with van der Waals surface area (Å²) in [7, 11) is 0. The highest BCUT2D eigenvalue weighted by molar-refractivity contribution is 6.17. The van der Waals surface area contributed by atoms with Gasteiger partial charge < -0.3 is 10.1 Å². The third kappa shape index (κ3) is 3.53. The van der Waals surface area contributed by atoms with E-state index in [0.29, 0.717) is 12.3 Å². The van der Waals surface area contributed by atoms with Gasteiger partial charge in [0.1, 0.15) is 0 Å². The van der Waals surface area contributed by atoms with Crippen molar-refractivity contribution >= 4 is 17.5 Å². The summed E-state index contributed by atoms with van der Waals surface area (Å²) in [5.41, 5.74) is 0. The van der Waals surface area contributed by atoms with Crippen LogP contribution < -0.4 is 5.32 Å². The van der Waals surface area contributed by atoms with Crippen LogP contribution in [0.3, 0.4) is 0 Å². The monoisotopic (exact) mass is 205 g/mol. The Hall–Kier alpha value is -0.280. The van der Waals surface area contributed by atoms with Crippen LogP contribution in [0.4, 0.5) is 0 Å². The van der Waals surface area contributed by atoms with E-state index < -0.39 is 0 Å². The lowest BCUT2D eigenvalue weighted by Gasteiger charge is -2.15. The minimum atomic E-state index is 0.0861. The molecule has 3 nitrogen and oxygen atoms in total. The van der Waals surface area contributed by atoms with Gasteiger partial charge in [-0.15, -0.1) is 11.6 Å². The van der Waals surface area contributed by atoms with Crippen molar-refractivity contribution in [2.45, 2.75) is 38.3 Å². The van der Waals surface area contributed by atoms with Crippen LogP contribution in [-0.4, -0.2) is 30.5 Å². The van der Waals surface area contributed by atoms with E-state index in [1.54, 1.807) is 0 Å². The predicted octanol–water partition coefficient (Wildman–Crippen LogP) is 1.30. The van der Waals surface area contributed by atoms with Crippen LogP contribution in [0, 0.1) is 0 Å². The minimum Gasteiger partial charge on any atom is -0.376 e. The molecule has 1 aliphatic rings. The number of hydrogen-bond donors (Lipinski definition) is 1. The number of amides is 1. The lowest BCUT2D eigenvalue weighted by molar-refractivity contribution is -0.122. The molecule has 1 amide bonds. The highest BCUT2D eigenvalue weighted by Gasteiger charge is 2.25. The van der Waals surface area contributed by atoms with Crippen LogP contribution in [0.15, 0.2) is 0 Å². The van der Waals surface area contributed by atoms with Gasteiger partial charge in [-0.25, -0.2) is 0 Å². The molecule has 2 atom stereocenters. The van der Waals surface area contributed by atoms with E-state index in [-0.39, 0.29) is 18.1 Å². The summed E-state index contributed by atoms with van der Waals surface area (Å²) in [6, 6.07) is 0.197. The standard InChI is InChI=1S/C9H16ClNO2/c1-7-8(4-6-13-7)11-9(12)3-2-5-10/h7-8H,2-6H2,1H3,(H,11,12). The summed E-state index contributed by atoms with van der Waals surface area (Å²) in [5.74, 6) is 0.632. The summed E-state index contributed by atoms with van der Waals surface area (Å²) >= 11 is 5.49. The molecule has 0 spiro atoms. The van der Waals surface area contributed by atoms with E-state index in [1.165, 1.54) is 0 Å². The quantitative estimate of drug-likeness (QED) is 0.703. The molecule has 1 rings (SSSR count). The molecule has 1 aliphatic heterocycles. The number of ether oxygens (including phenoxy) is 1. The minimum absolute atomic E-state index is 0.0861. The molecule has 0 aromatic carbocycles. The maximum absolute atomic E-state index is 11.3. The Morgan fingerprint density at radius 3 is 3.00 bits per heavy atom. The second-order valence-electron chi connectivity index (χ2n) is 3.33. The Kier molecular flexibility index (Phi) is 4.53. The van der Waals surface area contributed by atoms with Gasteiger partial charge in [-0.1, -0.05) is 0 Å². The van der Waals surface area contributed by atoms with Gasteiger partial charge in [0, 0.05) is 18.9 Å². The first-order valence-corrected chi connectivity index (χ1v) is 5.24. The van der Waals surface area contributed by atoms with Gasteiger partial charge in [0.15, 0.2) is 0 Å². The van der Waals surface area contributed by atoms with Crippen LogP contribution in [-0.2, 0) is 9.53 Å². The van der Waals surface area contributed by atoms with Crippen LogP contribution in [0.25, 0.3) is 0 Å². The summed E-state index contributed by atoms with van der Waals surface area (Å²) in [6.07, 6.45) is 2.34. The van der Waals surface area contributed by atoms with Gasteiger partial charge in [0.2, 0.25) is 5.91 Å². The van der Waals surface area contributed by atoms with E-state index >= 15 is 0 Å². The predicted molar refractivity (Wildman–Crippen MR) is 51.9 cm³/mol.